The van der Waals surface area contributed by atoms with Crippen LogP contribution in [0.5, 0.6) is 5.75 Å². The summed E-state index contributed by atoms with van der Waals surface area (Å²) in [5.41, 5.74) is -0.727. The van der Waals surface area contributed by atoms with Gasteiger partial charge in [-0.3, -0.25) is 4.79 Å². The average Bonchev–Trinajstić information content (AvgIpc) is 2.94. The van der Waals surface area contributed by atoms with Crippen LogP contribution in [0, 0.1) is 29.2 Å². The number of amides is 1. The van der Waals surface area contributed by atoms with Crippen LogP contribution in [0.15, 0.2) is 42.5 Å². The van der Waals surface area contributed by atoms with Crippen molar-refractivity contribution in [3.05, 3.63) is 70.0 Å². The van der Waals surface area contributed by atoms with Crippen molar-refractivity contribution in [1.82, 2.24) is 4.90 Å². The molecule has 0 heterocycles. The summed E-state index contributed by atoms with van der Waals surface area (Å²) in [6, 6.07) is 10.8. The Bertz CT molecular complexity index is 1500. The quantitative estimate of drug-likeness (QED) is 0.119. The Labute approximate surface area is 265 Å². The van der Waals surface area contributed by atoms with Crippen molar-refractivity contribution >= 4 is 29.2 Å². The van der Waals surface area contributed by atoms with E-state index in [2.05, 4.69) is 16.7 Å². The molecule has 0 unspecified atom stereocenters. The molecule has 1 aliphatic rings. The van der Waals surface area contributed by atoms with Gasteiger partial charge in [0.15, 0.2) is 0 Å². The predicted molar refractivity (Wildman–Crippen MR) is 169 cm³/mol. The highest BCUT2D eigenvalue weighted by Crippen LogP contribution is 2.58. The summed E-state index contributed by atoms with van der Waals surface area (Å²) in [4.78, 5) is 29.8. The minimum Gasteiger partial charge on any atom is -0.489 e. The molecule has 1 amide bonds. The van der Waals surface area contributed by atoms with Gasteiger partial charge in [0.2, 0.25) is 5.69 Å². The van der Waals surface area contributed by atoms with Crippen LogP contribution < -0.4 is 4.74 Å². The highest BCUT2D eigenvalue weighted by molar-refractivity contribution is 6.33. The maximum absolute atomic E-state index is 13.8. The highest BCUT2D eigenvalue weighted by atomic mass is 35.5. The Morgan fingerprint density at radius 1 is 1.09 bits per heavy atom. The summed E-state index contributed by atoms with van der Waals surface area (Å²) in [5.74, 6) is 5.66. The first-order valence-corrected chi connectivity index (χ1v) is 14.7. The van der Waals surface area contributed by atoms with Gasteiger partial charge in [0.25, 0.3) is 5.91 Å². The van der Waals surface area contributed by atoms with Crippen molar-refractivity contribution in [2.75, 3.05) is 20.2 Å². The first-order valence-electron chi connectivity index (χ1n) is 15.8. The number of unbranched alkanes of at least 4 members (excludes halogenated alkanes) is 2. The number of carbonyl (C=O) groups is 2. The zero-order valence-corrected chi connectivity index (χ0v) is 26.8. The van der Waals surface area contributed by atoms with Crippen LogP contribution in [-0.4, -0.2) is 54.7 Å². The summed E-state index contributed by atoms with van der Waals surface area (Å²) in [5, 5.41) is 0.271. The van der Waals surface area contributed by atoms with Crippen LogP contribution in [0.4, 0.5) is 5.69 Å². The molecule has 1 saturated carbocycles. The zero-order valence-electron chi connectivity index (χ0n) is 29.0. The molecule has 0 aromatic heterocycles. The zero-order chi connectivity index (χ0) is 34.5. The van der Waals surface area contributed by atoms with Gasteiger partial charge in [-0.1, -0.05) is 57.2 Å². The molecule has 0 spiro atoms. The van der Waals surface area contributed by atoms with E-state index < -0.39 is 41.5 Å². The fraction of sp³-hybridized carbons (Fsp3) is 0.514. The fourth-order valence-corrected chi connectivity index (χ4v) is 6.14. The largest absolute Gasteiger partial charge is 0.489 e. The van der Waals surface area contributed by atoms with E-state index in [4.69, 9.17) is 36.5 Å². The van der Waals surface area contributed by atoms with Crippen molar-refractivity contribution < 1.29 is 27.9 Å². The minimum absolute atomic E-state index is 0.0773. The van der Waals surface area contributed by atoms with Gasteiger partial charge in [-0.25, -0.2) is 9.64 Å². The monoisotopic (exact) mass is 609 g/mol. The number of hydrogen-bond donors (Lipinski definition) is 0. The maximum Gasteiger partial charge on any atom is 0.332 e. The molecule has 0 aliphatic heterocycles. The van der Waals surface area contributed by atoms with E-state index in [1.807, 2.05) is 48.5 Å². The second kappa shape index (κ2) is 13.8. The van der Waals surface area contributed by atoms with E-state index in [0.29, 0.717) is 30.0 Å². The number of rotatable bonds is 10. The number of halogens is 1. The van der Waals surface area contributed by atoms with Crippen LogP contribution in [0.25, 0.3) is 4.85 Å². The highest BCUT2D eigenvalue weighted by Gasteiger charge is 2.65. The molecule has 230 valence electrons. The summed E-state index contributed by atoms with van der Waals surface area (Å²) in [6.45, 7) is 17.8. The van der Waals surface area contributed by atoms with Gasteiger partial charge in [0, 0.05) is 52.1 Å². The number of hydrogen-bond acceptors (Lipinski definition) is 5. The van der Waals surface area contributed by atoms with E-state index in [9.17, 15) is 9.59 Å². The summed E-state index contributed by atoms with van der Waals surface area (Å²) < 4.78 is 41.8. The molecule has 2 aromatic rings. The van der Waals surface area contributed by atoms with Crippen LogP contribution in [0.3, 0.4) is 0 Å². The first-order chi connectivity index (χ1) is 21.3. The Kier molecular flexibility index (Phi) is 9.51. The van der Waals surface area contributed by atoms with Gasteiger partial charge in [0.05, 0.1) is 11.6 Å². The van der Waals surface area contributed by atoms with Crippen molar-refractivity contribution in [2.45, 2.75) is 85.5 Å². The smallest absolute Gasteiger partial charge is 0.332 e. The van der Waals surface area contributed by atoms with Gasteiger partial charge in [-0.05, 0) is 70.0 Å². The lowest BCUT2D eigenvalue weighted by molar-refractivity contribution is -0.195. The molecule has 1 aliphatic carbocycles. The van der Waals surface area contributed by atoms with Crippen molar-refractivity contribution in [1.29, 1.82) is 0 Å². The Balaban J connectivity index is 1.62. The SMILES string of the molecule is [2H]C([2H])([2H])N(C(=O)c1ccc(C#CCCCCOCC(=O)OC(C)(C)C)cc1)C1C(C)(C)C(Oc2ccc([N+]#[C-])c(Cl)c2)C1(C)C. The van der Waals surface area contributed by atoms with Crippen LogP contribution >= 0.6 is 11.6 Å². The average molecular weight is 610 g/mol. The third-order valence-corrected chi connectivity index (χ3v) is 7.68. The predicted octanol–water partition coefficient (Wildman–Crippen LogP) is 7.73. The number of ether oxygens (including phenoxy) is 3. The Hall–Kier alpha value is -3.52. The molecule has 0 atom stereocenters. The molecule has 7 nitrogen and oxygen atoms in total. The molecular formula is C35H43ClN2O5. The molecule has 0 bridgehead atoms. The van der Waals surface area contributed by atoms with E-state index >= 15 is 0 Å². The lowest BCUT2D eigenvalue weighted by Gasteiger charge is -2.65. The van der Waals surface area contributed by atoms with Gasteiger partial charge in [-0.2, -0.15) is 0 Å². The topological polar surface area (TPSA) is 69.4 Å². The van der Waals surface area contributed by atoms with Gasteiger partial charge in [0.1, 0.15) is 24.1 Å². The van der Waals surface area contributed by atoms with E-state index in [1.54, 1.807) is 42.5 Å². The normalized spacial score (nSPS) is 19.7. The van der Waals surface area contributed by atoms with E-state index in [1.165, 1.54) is 0 Å². The minimum atomic E-state index is -2.70. The Morgan fingerprint density at radius 3 is 2.35 bits per heavy atom. The molecule has 43 heavy (non-hydrogen) atoms. The van der Waals surface area contributed by atoms with Crippen molar-refractivity contribution in [3.63, 3.8) is 0 Å². The summed E-state index contributed by atoms with van der Waals surface area (Å²) in [7, 11) is 0. The molecule has 1 fully saturated rings. The maximum atomic E-state index is 13.8. The Morgan fingerprint density at radius 2 is 1.77 bits per heavy atom. The second-order valence-electron chi connectivity index (χ2n) is 12.9. The molecule has 8 heteroatoms. The number of benzene rings is 2. The van der Waals surface area contributed by atoms with Crippen molar-refractivity contribution in [3.8, 4) is 17.6 Å². The fourth-order valence-electron chi connectivity index (χ4n) is 5.93. The molecule has 0 N–H and O–H groups in total. The van der Waals surface area contributed by atoms with Crippen LogP contribution in [-0.2, 0) is 14.3 Å². The third kappa shape index (κ3) is 8.53. The van der Waals surface area contributed by atoms with Gasteiger partial charge < -0.3 is 19.1 Å². The second-order valence-corrected chi connectivity index (χ2v) is 13.3. The van der Waals surface area contributed by atoms with Gasteiger partial charge in [-0.15, -0.1) is 0 Å². The van der Waals surface area contributed by atoms with E-state index in [-0.39, 0.29) is 23.2 Å². The summed E-state index contributed by atoms with van der Waals surface area (Å²) in [6.07, 6.45) is 1.74. The number of carbonyl (C=O) groups excluding carboxylic acids is 2. The lowest BCUT2D eigenvalue weighted by Crippen LogP contribution is -2.74. The van der Waals surface area contributed by atoms with Crippen LogP contribution in [0.2, 0.25) is 5.02 Å². The molecule has 2 aromatic carbocycles. The summed E-state index contributed by atoms with van der Waals surface area (Å²) >= 11 is 6.21. The molecule has 3 rings (SSSR count). The molecular weight excluding hydrogens is 564 g/mol. The first kappa shape index (κ1) is 29.5. The standard InChI is InChI=1S/C35H43ClN2O5/c1-33(2,3)43-29(39)23-41-21-13-11-10-12-14-24-15-17-25(18-16-24)30(40)38(9)31-34(4,5)32(35(31,6)7)42-26-19-20-28(37-8)27(36)22-26/h15-20,22,31-32H,10-11,13,21,23H2,1-7,9H3/i9D3. The lowest BCUT2D eigenvalue weighted by atomic mass is 9.49. The van der Waals surface area contributed by atoms with Crippen LogP contribution in [0.1, 0.15) is 87.8 Å². The van der Waals surface area contributed by atoms with Gasteiger partial charge >= 0.3 is 5.97 Å². The third-order valence-electron chi connectivity index (χ3n) is 7.38. The number of esters is 1. The molecule has 0 radical (unpaired) electrons. The number of nitrogens with zero attached hydrogens (tertiary/aromatic N) is 2. The molecule has 0 saturated heterocycles. The van der Waals surface area contributed by atoms with Crippen molar-refractivity contribution in [2.24, 2.45) is 10.8 Å². The van der Waals surface area contributed by atoms with E-state index in [0.717, 1.165) is 17.7 Å².